The molecule has 0 bridgehead atoms. The second-order valence-corrected chi connectivity index (χ2v) is 7.42. The van der Waals surface area contributed by atoms with Crippen LogP contribution in [0.3, 0.4) is 0 Å². The highest BCUT2D eigenvalue weighted by Crippen LogP contribution is 2.15. The van der Waals surface area contributed by atoms with Crippen molar-refractivity contribution in [2.75, 3.05) is 32.4 Å². The quantitative estimate of drug-likeness (QED) is 0.839. The van der Waals surface area contributed by atoms with Gasteiger partial charge in [-0.3, -0.25) is 9.69 Å². The molecule has 116 valence electrons. The van der Waals surface area contributed by atoms with E-state index in [2.05, 4.69) is 4.90 Å². The normalized spacial score (nSPS) is 21.9. The molecule has 1 heterocycles. The number of sulfonamides is 1. The predicted octanol–water partition coefficient (Wildman–Crippen LogP) is -0.135. The van der Waals surface area contributed by atoms with Crippen molar-refractivity contribution < 1.29 is 13.2 Å². The molecule has 1 unspecified atom stereocenters. The Morgan fingerprint density at radius 3 is 2.48 bits per heavy atom. The Kier molecular flexibility index (Phi) is 4.97. The SMILES string of the molecule is CS(=O)(=O)N1CCN(Cc2ccccc2)CC(C(N)=O)C1. The summed E-state index contributed by atoms with van der Waals surface area (Å²) in [7, 11) is -3.31. The first-order valence-corrected chi connectivity index (χ1v) is 8.72. The van der Waals surface area contributed by atoms with Gasteiger partial charge in [-0.25, -0.2) is 12.7 Å². The molecule has 2 N–H and O–H groups in total. The zero-order valence-corrected chi connectivity index (χ0v) is 12.9. The second-order valence-electron chi connectivity index (χ2n) is 5.44. The lowest BCUT2D eigenvalue weighted by Gasteiger charge is -2.22. The van der Waals surface area contributed by atoms with Crippen molar-refractivity contribution >= 4 is 15.9 Å². The zero-order valence-electron chi connectivity index (χ0n) is 12.1. The number of carbonyl (C=O) groups excluding carboxylic acids is 1. The molecule has 2 rings (SSSR count). The van der Waals surface area contributed by atoms with Crippen molar-refractivity contribution in [1.82, 2.24) is 9.21 Å². The van der Waals surface area contributed by atoms with Gasteiger partial charge in [0.25, 0.3) is 0 Å². The van der Waals surface area contributed by atoms with E-state index in [1.54, 1.807) is 0 Å². The monoisotopic (exact) mass is 311 g/mol. The van der Waals surface area contributed by atoms with E-state index in [1.807, 2.05) is 30.3 Å². The molecule has 0 radical (unpaired) electrons. The summed E-state index contributed by atoms with van der Waals surface area (Å²) in [6, 6.07) is 9.89. The van der Waals surface area contributed by atoms with Crippen LogP contribution in [0, 0.1) is 5.92 Å². The molecule has 6 nitrogen and oxygen atoms in total. The number of primary amides is 1. The minimum atomic E-state index is -3.31. The third-order valence-electron chi connectivity index (χ3n) is 3.69. The summed E-state index contributed by atoms with van der Waals surface area (Å²) < 4.78 is 24.8. The molecular weight excluding hydrogens is 290 g/mol. The molecule has 0 aliphatic carbocycles. The van der Waals surface area contributed by atoms with E-state index in [0.717, 1.165) is 11.8 Å². The maximum Gasteiger partial charge on any atom is 0.223 e. The summed E-state index contributed by atoms with van der Waals surface area (Å²) in [5.74, 6) is -0.936. The molecule has 1 aromatic rings. The average molecular weight is 311 g/mol. The van der Waals surface area contributed by atoms with Gasteiger partial charge >= 0.3 is 0 Å². The lowest BCUT2D eigenvalue weighted by Crippen LogP contribution is -2.40. The Bertz CT molecular complexity index is 589. The molecule has 1 amide bonds. The Morgan fingerprint density at radius 1 is 1.24 bits per heavy atom. The van der Waals surface area contributed by atoms with Crippen molar-refractivity contribution in [1.29, 1.82) is 0 Å². The summed E-state index contributed by atoms with van der Waals surface area (Å²) >= 11 is 0. The summed E-state index contributed by atoms with van der Waals surface area (Å²) in [4.78, 5) is 13.6. The molecule has 0 aromatic heterocycles. The Morgan fingerprint density at radius 2 is 1.90 bits per heavy atom. The zero-order chi connectivity index (χ0) is 15.5. The van der Waals surface area contributed by atoms with Crippen LogP contribution in [0.5, 0.6) is 0 Å². The van der Waals surface area contributed by atoms with Gasteiger partial charge in [-0.2, -0.15) is 0 Å². The van der Waals surface area contributed by atoms with E-state index in [9.17, 15) is 13.2 Å². The number of rotatable bonds is 4. The maximum atomic E-state index is 11.7. The number of carbonyl (C=O) groups is 1. The van der Waals surface area contributed by atoms with E-state index in [-0.39, 0.29) is 6.54 Å². The van der Waals surface area contributed by atoms with Crippen molar-refractivity contribution in [3.8, 4) is 0 Å². The number of amides is 1. The molecule has 0 spiro atoms. The van der Waals surface area contributed by atoms with Crippen molar-refractivity contribution in [3.05, 3.63) is 35.9 Å². The summed E-state index contributed by atoms with van der Waals surface area (Å²) in [6.07, 6.45) is 1.16. The second kappa shape index (κ2) is 6.55. The Hall–Kier alpha value is -1.44. The number of hydrogen-bond donors (Lipinski definition) is 1. The summed E-state index contributed by atoms with van der Waals surface area (Å²) in [5.41, 5.74) is 6.54. The summed E-state index contributed by atoms with van der Waals surface area (Å²) in [5, 5.41) is 0. The van der Waals surface area contributed by atoms with Gasteiger partial charge in [-0.15, -0.1) is 0 Å². The fourth-order valence-electron chi connectivity index (χ4n) is 2.52. The van der Waals surface area contributed by atoms with E-state index in [0.29, 0.717) is 26.2 Å². The third kappa shape index (κ3) is 4.52. The van der Waals surface area contributed by atoms with Gasteiger partial charge in [0.05, 0.1) is 12.2 Å². The minimum Gasteiger partial charge on any atom is -0.369 e. The first-order valence-electron chi connectivity index (χ1n) is 6.87. The van der Waals surface area contributed by atoms with Gasteiger partial charge in [-0.05, 0) is 5.56 Å². The van der Waals surface area contributed by atoms with E-state index >= 15 is 0 Å². The van der Waals surface area contributed by atoms with E-state index in [4.69, 9.17) is 5.73 Å². The van der Waals surface area contributed by atoms with Crippen molar-refractivity contribution in [3.63, 3.8) is 0 Å². The van der Waals surface area contributed by atoms with Gasteiger partial charge in [0.1, 0.15) is 0 Å². The van der Waals surface area contributed by atoms with Gasteiger partial charge in [0.15, 0.2) is 0 Å². The molecular formula is C14H21N3O3S. The minimum absolute atomic E-state index is 0.166. The first-order chi connectivity index (χ1) is 9.86. The molecule has 1 atom stereocenters. The highest BCUT2D eigenvalue weighted by molar-refractivity contribution is 7.88. The largest absolute Gasteiger partial charge is 0.369 e. The standard InChI is InChI=1S/C14H21N3O3S/c1-21(19,20)17-8-7-16(10-13(11-17)14(15)18)9-12-5-3-2-4-6-12/h2-6,13H,7-11H2,1H3,(H2,15,18). The highest BCUT2D eigenvalue weighted by Gasteiger charge is 2.30. The third-order valence-corrected chi connectivity index (χ3v) is 4.96. The van der Waals surface area contributed by atoms with Crippen LogP contribution < -0.4 is 5.73 Å². The molecule has 1 aromatic carbocycles. The van der Waals surface area contributed by atoms with Crippen LogP contribution in [-0.4, -0.2) is 56.0 Å². The van der Waals surface area contributed by atoms with Crippen LogP contribution in [0.4, 0.5) is 0 Å². The van der Waals surface area contributed by atoms with E-state index in [1.165, 1.54) is 4.31 Å². The van der Waals surface area contributed by atoms with Crippen molar-refractivity contribution in [2.24, 2.45) is 11.7 Å². The van der Waals surface area contributed by atoms with Crippen LogP contribution in [-0.2, 0) is 21.4 Å². The van der Waals surface area contributed by atoms with Gasteiger partial charge in [0.2, 0.25) is 15.9 Å². The fraction of sp³-hybridized carbons (Fsp3) is 0.500. The molecule has 1 aliphatic rings. The van der Waals surface area contributed by atoms with Crippen LogP contribution in [0.2, 0.25) is 0 Å². The number of benzene rings is 1. The van der Waals surface area contributed by atoms with E-state index < -0.39 is 21.8 Å². The number of nitrogens with zero attached hydrogens (tertiary/aromatic N) is 2. The first kappa shape index (κ1) is 15.9. The van der Waals surface area contributed by atoms with Crippen LogP contribution in [0.25, 0.3) is 0 Å². The highest BCUT2D eigenvalue weighted by atomic mass is 32.2. The Balaban J connectivity index is 2.12. The molecule has 21 heavy (non-hydrogen) atoms. The Labute approximate surface area is 125 Å². The van der Waals surface area contributed by atoms with Gasteiger partial charge in [-0.1, -0.05) is 30.3 Å². The topological polar surface area (TPSA) is 83.7 Å². The van der Waals surface area contributed by atoms with Crippen LogP contribution in [0.1, 0.15) is 5.56 Å². The molecule has 7 heteroatoms. The lowest BCUT2D eigenvalue weighted by molar-refractivity contribution is -0.122. The average Bonchev–Trinajstić information content (AvgIpc) is 2.62. The van der Waals surface area contributed by atoms with Crippen molar-refractivity contribution in [2.45, 2.75) is 6.54 Å². The van der Waals surface area contributed by atoms with Gasteiger partial charge < -0.3 is 5.73 Å². The molecule has 1 fully saturated rings. The lowest BCUT2D eigenvalue weighted by atomic mass is 10.1. The molecule has 0 saturated carbocycles. The number of nitrogens with two attached hydrogens (primary N) is 1. The van der Waals surface area contributed by atoms with Gasteiger partial charge in [0, 0.05) is 32.7 Å². The summed E-state index contributed by atoms with van der Waals surface area (Å²) in [6.45, 7) is 2.30. The smallest absolute Gasteiger partial charge is 0.223 e. The number of hydrogen-bond acceptors (Lipinski definition) is 4. The molecule has 1 saturated heterocycles. The molecule has 1 aliphatic heterocycles. The fourth-order valence-corrected chi connectivity index (χ4v) is 3.38. The predicted molar refractivity (Wildman–Crippen MR) is 80.8 cm³/mol. The van der Waals surface area contributed by atoms with Crippen LogP contribution >= 0.6 is 0 Å². The maximum absolute atomic E-state index is 11.7. The van der Waals surface area contributed by atoms with Crippen LogP contribution in [0.15, 0.2) is 30.3 Å².